The fraction of sp³-hybridized carbons (Fsp3) is 0.308. The molecule has 0 radical (unpaired) electrons. The van der Waals surface area contributed by atoms with Crippen molar-refractivity contribution in [1.29, 1.82) is 0 Å². The fourth-order valence-corrected chi connectivity index (χ4v) is 7.47. The monoisotopic (exact) mass is 719 g/mol. The van der Waals surface area contributed by atoms with E-state index in [0.29, 0.717) is 0 Å². The molecular weight excluding hydrogens is 653 g/mol. The molecule has 0 aliphatic heterocycles. The van der Waals surface area contributed by atoms with Gasteiger partial charge >= 0.3 is 0 Å². The lowest BCUT2D eigenvalue weighted by Crippen LogP contribution is -1.81. The van der Waals surface area contributed by atoms with E-state index in [9.17, 15) is 0 Å². The van der Waals surface area contributed by atoms with Gasteiger partial charge in [0.25, 0.3) is 0 Å². The van der Waals surface area contributed by atoms with Gasteiger partial charge in [0, 0.05) is 43.1 Å². The average molecular weight is 719 g/mol. The molecule has 10 rings (SSSR count). The van der Waals surface area contributed by atoms with Gasteiger partial charge in [0.2, 0.25) is 0 Å². The molecular formula is C52H66N2. The smallest absolute Gasteiger partial charge is 0.0620 e. The summed E-state index contributed by atoms with van der Waals surface area (Å²) in [4.78, 5) is 0. The average Bonchev–Trinajstić information content (AvgIpc) is 3.95. The third kappa shape index (κ3) is 7.49. The van der Waals surface area contributed by atoms with Crippen molar-refractivity contribution in [3.63, 3.8) is 0 Å². The number of hydrogen-bond acceptors (Lipinski definition) is 0. The first-order valence-corrected chi connectivity index (χ1v) is 20.8. The molecule has 0 amide bonds. The molecule has 0 bridgehead atoms. The Morgan fingerprint density at radius 3 is 0.981 bits per heavy atom. The van der Waals surface area contributed by atoms with Crippen LogP contribution in [0.25, 0.3) is 76.2 Å². The summed E-state index contributed by atoms with van der Waals surface area (Å²) >= 11 is 0. The number of rotatable bonds is 0. The lowest BCUT2D eigenvalue weighted by atomic mass is 10.0. The maximum Gasteiger partial charge on any atom is 0.0620 e. The summed E-state index contributed by atoms with van der Waals surface area (Å²) in [5, 5.41) is 10.9. The van der Waals surface area contributed by atoms with Crippen molar-refractivity contribution in [1.82, 2.24) is 8.80 Å². The standard InChI is InChI=1S/2C20H15N.6C2H6/c1-12-6-8-18-16(10-12)14-4-3-5-15-17-11-13(2)7-9-19(17)21(18)20(14)15;1-12-7-8-19-15(9-12)17-11-13(2)10-16-14-5-3-4-6-18(14)21(19)20(16)17;6*1-2/h2*3-11H,1-2H3;6*1-2H3. The van der Waals surface area contributed by atoms with E-state index in [4.69, 9.17) is 0 Å². The van der Waals surface area contributed by atoms with Gasteiger partial charge in [0.05, 0.1) is 33.1 Å². The number of para-hydroxylation sites is 2. The highest BCUT2D eigenvalue weighted by Crippen LogP contribution is 2.41. The molecule has 4 heterocycles. The molecule has 6 aromatic carbocycles. The Morgan fingerprint density at radius 1 is 0.259 bits per heavy atom. The van der Waals surface area contributed by atoms with Gasteiger partial charge in [-0.25, -0.2) is 0 Å². The number of benzene rings is 6. The van der Waals surface area contributed by atoms with Gasteiger partial charge in [0.15, 0.2) is 0 Å². The highest BCUT2D eigenvalue weighted by Gasteiger charge is 2.18. The van der Waals surface area contributed by atoms with Crippen LogP contribution in [0.15, 0.2) is 109 Å². The van der Waals surface area contributed by atoms with Gasteiger partial charge in [-0.3, -0.25) is 0 Å². The number of aromatic nitrogens is 2. The van der Waals surface area contributed by atoms with E-state index in [1.54, 1.807) is 0 Å². The zero-order valence-electron chi connectivity index (χ0n) is 36.3. The van der Waals surface area contributed by atoms with E-state index in [0.717, 1.165) is 0 Å². The maximum atomic E-state index is 2.42. The molecule has 0 N–H and O–H groups in total. The molecule has 0 atom stereocenters. The fourth-order valence-electron chi connectivity index (χ4n) is 7.47. The zero-order chi connectivity index (χ0) is 40.3. The van der Waals surface area contributed by atoms with Crippen LogP contribution in [0.3, 0.4) is 0 Å². The number of aryl methyl sites for hydroxylation is 4. The Kier molecular flexibility index (Phi) is 15.9. The summed E-state index contributed by atoms with van der Waals surface area (Å²) in [5.74, 6) is 0. The van der Waals surface area contributed by atoms with Crippen LogP contribution in [0.5, 0.6) is 0 Å². The predicted octanol–water partition coefficient (Wildman–Crippen LogP) is 17.1. The molecule has 0 fully saturated rings. The van der Waals surface area contributed by atoms with Crippen LogP contribution in [-0.4, -0.2) is 8.80 Å². The zero-order valence-corrected chi connectivity index (χ0v) is 36.3. The van der Waals surface area contributed by atoms with Gasteiger partial charge in [0.1, 0.15) is 0 Å². The first-order valence-electron chi connectivity index (χ1n) is 20.8. The molecule has 284 valence electrons. The molecule has 0 saturated carbocycles. The summed E-state index contributed by atoms with van der Waals surface area (Å²) in [7, 11) is 0. The quantitative estimate of drug-likeness (QED) is 0.148. The Labute approximate surface area is 326 Å². The second kappa shape index (κ2) is 19.8. The van der Waals surface area contributed by atoms with Crippen molar-refractivity contribution >= 4 is 76.2 Å². The van der Waals surface area contributed by atoms with Crippen LogP contribution >= 0.6 is 0 Å². The topological polar surface area (TPSA) is 8.82 Å². The lowest BCUT2D eigenvalue weighted by Gasteiger charge is -1.99. The van der Waals surface area contributed by atoms with Crippen molar-refractivity contribution in [3.8, 4) is 0 Å². The highest BCUT2D eigenvalue weighted by atomic mass is 14.9. The summed E-state index contributed by atoms with van der Waals surface area (Å²) in [5.41, 5.74) is 13.2. The highest BCUT2D eigenvalue weighted by molar-refractivity contribution is 6.24. The van der Waals surface area contributed by atoms with Crippen LogP contribution in [0.2, 0.25) is 0 Å². The minimum Gasteiger partial charge on any atom is -0.308 e. The van der Waals surface area contributed by atoms with Crippen LogP contribution < -0.4 is 0 Å². The van der Waals surface area contributed by atoms with Crippen LogP contribution in [-0.2, 0) is 0 Å². The van der Waals surface area contributed by atoms with E-state index >= 15 is 0 Å². The molecule has 0 unspecified atom stereocenters. The van der Waals surface area contributed by atoms with Crippen LogP contribution in [0, 0.1) is 27.7 Å². The third-order valence-corrected chi connectivity index (χ3v) is 9.22. The van der Waals surface area contributed by atoms with Crippen molar-refractivity contribution in [3.05, 3.63) is 131 Å². The molecule has 10 aromatic rings. The molecule has 4 aromatic heterocycles. The molecule has 54 heavy (non-hydrogen) atoms. The molecule has 2 heteroatoms. The van der Waals surface area contributed by atoms with Crippen molar-refractivity contribution in [2.24, 2.45) is 0 Å². The molecule has 0 saturated heterocycles. The van der Waals surface area contributed by atoms with Crippen molar-refractivity contribution in [2.75, 3.05) is 0 Å². The number of nitrogens with zero attached hydrogens (tertiary/aromatic N) is 2. The molecule has 0 aliphatic rings. The van der Waals surface area contributed by atoms with Gasteiger partial charge in [-0.05, 0) is 87.9 Å². The second-order valence-electron chi connectivity index (χ2n) is 12.2. The van der Waals surface area contributed by atoms with E-state index < -0.39 is 0 Å². The maximum absolute atomic E-state index is 2.42. The van der Waals surface area contributed by atoms with E-state index in [2.05, 4.69) is 146 Å². The van der Waals surface area contributed by atoms with E-state index in [-0.39, 0.29) is 0 Å². The van der Waals surface area contributed by atoms with Crippen molar-refractivity contribution in [2.45, 2.75) is 111 Å². The van der Waals surface area contributed by atoms with Crippen molar-refractivity contribution < 1.29 is 0 Å². The first-order chi connectivity index (χ1) is 26.5. The van der Waals surface area contributed by atoms with E-state index in [1.165, 1.54) is 98.4 Å². The molecule has 2 nitrogen and oxygen atoms in total. The minimum atomic E-state index is 1.31. The SMILES string of the molecule is CC.CC.CC.CC.CC.CC.Cc1ccc2c(c1)c1cc(C)cc3c4ccccc4n2c31.Cc1ccc2c(c1)c1cccc3c4cc(C)ccc4n2c13. The van der Waals surface area contributed by atoms with Gasteiger partial charge < -0.3 is 8.80 Å². The van der Waals surface area contributed by atoms with Gasteiger partial charge in [-0.2, -0.15) is 0 Å². The largest absolute Gasteiger partial charge is 0.308 e. The minimum absolute atomic E-state index is 1.31. The van der Waals surface area contributed by atoms with E-state index in [1.807, 2.05) is 83.1 Å². The van der Waals surface area contributed by atoms with Crippen LogP contribution in [0.1, 0.15) is 105 Å². The summed E-state index contributed by atoms with van der Waals surface area (Å²) in [6.45, 7) is 32.7. The first kappa shape index (κ1) is 43.3. The second-order valence-corrected chi connectivity index (χ2v) is 12.2. The number of fused-ring (bicyclic) bond motifs is 12. The summed E-state index contributed by atoms with van der Waals surface area (Å²) < 4.78 is 4.85. The Morgan fingerprint density at radius 2 is 0.556 bits per heavy atom. The predicted molar refractivity (Wildman–Crippen MR) is 249 cm³/mol. The van der Waals surface area contributed by atoms with Crippen LogP contribution in [0.4, 0.5) is 0 Å². The third-order valence-electron chi connectivity index (χ3n) is 9.22. The molecule has 0 aliphatic carbocycles. The lowest BCUT2D eigenvalue weighted by molar-refractivity contribution is 1.36. The Balaban J connectivity index is 0.000000228. The number of hydrogen-bond donors (Lipinski definition) is 0. The summed E-state index contributed by atoms with van der Waals surface area (Å²) in [6, 6.07) is 40.3. The summed E-state index contributed by atoms with van der Waals surface area (Å²) in [6.07, 6.45) is 0. The molecule has 0 spiro atoms. The Hall–Kier alpha value is -5.08. The Bertz CT molecular complexity index is 2580. The van der Waals surface area contributed by atoms with Gasteiger partial charge in [-0.15, -0.1) is 0 Å². The normalized spacial score (nSPS) is 10.2. The van der Waals surface area contributed by atoms with Gasteiger partial charge in [-0.1, -0.05) is 154 Å².